The largest absolute Gasteiger partial charge is 0.0767 e. The average molecular weight is 314 g/mol. The lowest BCUT2D eigenvalue weighted by Gasteiger charge is -2.45. The zero-order valence-corrected chi connectivity index (χ0v) is 15.6. The highest BCUT2D eigenvalue weighted by Crippen LogP contribution is 2.64. The number of hydrogen-bond donors (Lipinski definition) is 0. The molecule has 0 fully saturated rings. The molecule has 3 aliphatic carbocycles. The van der Waals surface area contributed by atoms with Crippen LogP contribution in [0.1, 0.15) is 62.8 Å². The Labute approximate surface area is 145 Å². The molecule has 24 heavy (non-hydrogen) atoms. The van der Waals surface area contributed by atoms with Gasteiger partial charge in [0.1, 0.15) is 0 Å². The molecule has 2 aromatic carbocycles. The van der Waals surface area contributed by atoms with Crippen molar-refractivity contribution in [1.29, 1.82) is 0 Å². The molecule has 0 amide bonds. The first kappa shape index (κ1) is 14.5. The molecule has 2 aromatic rings. The van der Waals surface area contributed by atoms with Crippen LogP contribution in [0.2, 0.25) is 0 Å². The molecule has 0 bridgehead atoms. The highest BCUT2D eigenvalue weighted by Gasteiger charge is 2.53. The van der Waals surface area contributed by atoms with Gasteiger partial charge in [-0.05, 0) is 58.2 Å². The summed E-state index contributed by atoms with van der Waals surface area (Å²) < 4.78 is 0. The van der Waals surface area contributed by atoms with E-state index in [1.807, 2.05) is 0 Å². The molecule has 0 radical (unpaired) electrons. The predicted molar refractivity (Wildman–Crippen MR) is 103 cm³/mol. The highest BCUT2D eigenvalue weighted by molar-refractivity contribution is 5.97. The number of rotatable bonds is 0. The van der Waals surface area contributed by atoms with Crippen LogP contribution in [0, 0.1) is 12.8 Å². The zero-order valence-electron chi connectivity index (χ0n) is 15.6. The third-order valence-electron chi connectivity index (χ3n) is 7.16. The summed E-state index contributed by atoms with van der Waals surface area (Å²) in [7, 11) is 0. The number of allylic oxidation sites excluding steroid dienone is 4. The lowest BCUT2D eigenvalue weighted by Crippen LogP contribution is -2.37. The summed E-state index contributed by atoms with van der Waals surface area (Å²) >= 11 is 0. The van der Waals surface area contributed by atoms with Gasteiger partial charge >= 0.3 is 0 Å². The summed E-state index contributed by atoms with van der Waals surface area (Å²) in [4.78, 5) is 0. The van der Waals surface area contributed by atoms with Crippen molar-refractivity contribution in [1.82, 2.24) is 0 Å². The van der Waals surface area contributed by atoms with Gasteiger partial charge in [-0.15, -0.1) is 0 Å². The van der Waals surface area contributed by atoms with Crippen LogP contribution >= 0.6 is 0 Å². The maximum atomic E-state index is 2.54. The summed E-state index contributed by atoms with van der Waals surface area (Å²) in [6, 6.07) is 9.44. The van der Waals surface area contributed by atoms with Crippen molar-refractivity contribution in [3.05, 3.63) is 69.8 Å². The highest BCUT2D eigenvalue weighted by atomic mass is 14.6. The predicted octanol–water partition coefficient (Wildman–Crippen LogP) is 6.32. The van der Waals surface area contributed by atoms with E-state index in [0.29, 0.717) is 11.8 Å². The molecular weight excluding hydrogens is 288 g/mol. The van der Waals surface area contributed by atoms with Crippen molar-refractivity contribution in [2.75, 3.05) is 0 Å². The molecule has 0 aromatic heterocycles. The van der Waals surface area contributed by atoms with Gasteiger partial charge in [0.15, 0.2) is 0 Å². The van der Waals surface area contributed by atoms with Crippen molar-refractivity contribution in [3.63, 3.8) is 0 Å². The molecule has 122 valence electrons. The van der Waals surface area contributed by atoms with Gasteiger partial charge < -0.3 is 0 Å². The van der Waals surface area contributed by atoms with Gasteiger partial charge in [-0.1, -0.05) is 75.3 Å². The number of aryl methyl sites for hydroxylation is 1. The topological polar surface area (TPSA) is 0 Å². The van der Waals surface area contributed by atoms with E-state index < -0.39 is 0 Å². The Morgan fingerprint density at radius 3 is 2.46 bits per heavy atom. The van der Waals surface area contributed by atoms with Gasteiger partial charge in [0.05, 0.1) is 0 Å². The minimum absolute atomic E-state index is 0.139. The average Bonchev–Trinajstić information content (AvgIpc) is 2.74. The third-order valence-corrected chi connectivity index (χ3v) is 7.16. The minimum atomic E-state index is 0.139. The third kappa shape index (κ3) is 1.42. The van der Waals surface area contributed by atoms with Gasteiger partial charge in [0.2, 0.25) is 0 Å². The quantitative estimate of drug-likeness (QED) is 0.534. The van der Waals surface area contributed by atoms with Crippen LogP contribution in [0.5, 0.6) is 0 Å². The smallest absolute Gasteiger partial charge is 0.0141 e. The van der Waals surface area contributed by atoms with E-state index in [4.69, 9.17) is 0 Å². The summed E-state index contributed by atoms with van der Waals surface area (Å²) in [5.41, 5.74) is 9.56. The van der Waals surface area contributed by atoms with Crippen molar-refractivity contribution in [3.8, 4) is 0 Å². The summed E-state index contributed by atoms with van der Waals surface area (Å²) in [5, 5.41) is 3.02. The van der Waals surface area contributed by atoms with E-state index in [1.165, 1.54) is 16.5 Å². The van der Waals surface area contributed by atoms with Crippen LogP contribution in [0.25, 0.3) is 10.8 Å². The molecule has 0 N–H and O–H groups in total. The molecule has 0 heterocycles. The second-order valence-corrected chi connectivity index (χ2v) is 9.24. The fraction of sp³-hybridized carbons (Fsp3) is 0.417. The van der Waals surface area contributed by atoms with Crippen LogP contribution in [0.4, 0.5) is 0 Å². The molecule has 0 saturated carbocycles. The summed E-state index contributed by atoms with van der Waals surface area (Å²) in [6.45, 7) is 14.3. The Bertz CT molecular complexity index is 979. The van der Waals surface area contributed by atoms with Crippen LogP contribution in [0.15, 0.2) is 47.6 Å². The van der Waals surface area contributed by atoms with Gasteiger partial charge in [0, 0.05) is 11.3 Å². The summed E-state index contributed by atoms with van der Waals surface area (Å²) in [5.74, 6) is 1.13. The van der Waals surface area contributed by atoms with E-state index in [0.717, 1.165) is 0 Å². The second kappa shape index (κ2) is 4.04. The first-order chi connectivity index (χ1) is 11.2. The number of benzene rings is 2. The van der Waals surface area contributed by atoms with Gasteiger partial charge in [-0.2, -0.15) is 0 Å². The standard InChI is InChI=1S/C24H26/c1-13-10-17-21-18(11-13)24(5,6)19-12-14(2)15-8-7-9-16(23(17,3)4)20(15)22(19)21/h7-12,17,21H,1-6H3. The van der Waals surface area contributed by atoms with Gasteiger partial charge in [0.25, 0.3) is 0 Å². The molecule has 0 spiro atoms. The fourth-order valence-corrected chi connectivity index (χ4v) is 5.88. The van der Waals surface area contributed by atoms with Crippen molar-refractivity contribution >= 4 is 10.8 Å². The Morgan fingerprint density at radius 1 is 0.958 bits per heavy atom. The molecule has 3 aliphatic rings. The normalized spacial score (nSPS) is 27.9. The first-order valence-corrected chi connectivity index (χ1v) is 9.22. The van der Waals surface area contributed by atoms with E-state index in [1.54, 1.807) is 27.6 Å². The SMILES string of the molecule is CC1=CC2C3C(=C1)C(C)(C)c1cc(C)c4cccc(c4c13)C2(C)C. The van der Waals surface area contributed by atoms with Gasteiger partial charge in [-0.25, -0.2) is 0 Å². The molecule has 2 unspecified atom stereocenters. The summed E-state index contributed by atoms with van der Waals surface area (Å²) in [6.07, 6.45) is 5.02. The van der Waals surface area contributed by atoms with E-state index in [-0.39, 0.29) is 10.8 Å². The maximum Gasteiger partial charge on any atom is 0.0141 e. The van der Waals surface area contributed by atoms with Gasteiger partial charge in [-0.3, -0.25) is 0 Å². The molecule has 0 heteroatoms. The first-order valence-electron chi connectivity index (χ1n) is 9.22. The molecule has 0 nitrogen and oxygen atoms in total. The zero-order chi connectivity index (χ0) is 17.0. The van der Waals surface area contributed by atoms with Crippen molar-refractivity contribution in [2.45, 2.75) is 58.3 Å². The van der Waals surface area contributed by atoms with Crippen LogP contribution in [-0.4, -0.2) is 0 Å². The Balaban J connectivity index is 2.04. The van der Waals surface area contributed by atoms with Crippen LogP contribution in [0.3, 0.4) is 0 Å². The second-order valence-electron chi connectivity index (χ2n) is 9.24. The Kier molecular flexibility index (Phi) is 2.45. The molecular formula is C24H26. The monoisotopic (exact) mass is 314 g/mol. The fourth-order valence-electron chi connectivity index (χ4n) is 5.88. The number of hydrogen-bond acceptors (Lipinski definition) is 0. The van der Waals surface area contributed by atoms with E-state index in [9.17, 15) is 0 Å². The lowest BCUT2D eigenvalue weighted by molar-refractivity contribution is 0.333. The van der Waals surface area contributed by atoms with Crippen molar-refractivity contribution < 1.29 is 0 Å². The van der Waals surface area contributed by atoms with E-state index >= 15 is 0 Å². The van der Waals surface area contributed by atoms with Crippen LogP contribution < -0.4 is 0 Å². The molecule has 0 aliphatic heterocycles. The van der Waals surface area contributed by atoms with Crippen LogP contribution in [-0.2, 0) is 10.8 Å². The molecule has 0 saturated heterocycles. The lowest BCUT2D eigenvalue weighted by atomic mass is 9.58. The van der Waals surface area contributed by atoms with Crippen molar-refractivity contribution in [2.24, 2.45) is 5.92 Å². The minimum Gasteiger partial charge on any atom is -0.0767 e. The molecule has 5 rings (SSSR count). The Morgan fingerprint density at radius 2 is 1.71 bits per heavy atom. The maximum absolute atomic E-state index is 2.54. The molecule has 2 atom stereocenters. The Hall–Kier alpha value is -1.82. The van der Waals surface area contributed by atoms with E-state index in [2.05, 4.69) is 78.0 Å².